The Bertz CT molecular complexity index is 4050. The van der Waals surface area contributed by atoms with Crippen molar-refractivity contribution in [2.75, 3.05) is 39.3 Å². The first kappa shape index (κ1) is 102. The molecule has 123 heavy (non-hydrogen) atoms. The van der Waals surface area contributed by atoms with Crippen molar-refractivity contribution in [2.24, 2.45) is 22.9 Å². The Hall–Kier alpha value is -11.5. The van der Waals surface area contributed by atoms with Crippen LogP contribution in [0.1, 0.15) is 205 Å². The van der Waals surface area contributed by atoms with Crippen LogP contribution in [0, 0.1) is 5.41 Å². The summed E-state index contributed by atoms with van der Waals surface area (Å²) in [5, 5.41) is 73.3. The van der Waals surface area contributed by atoms with Crippen LogP contribution in [0.3, 0.4) is 0 Å². The highest BCUT2D eigenvalue weighted by Gasteiger charge is 2.44. The predicted octanol–water partition coefficient (Wildman–Crippen LogP) is -2.89. The van der Waals surface area contributed by atoms with Gasteiger partial charge < -0.3 is 117 Å². The largest absolute Gasteiger partial charge is 0.394 e. The molecule has 2 aliphatic rings. The van der Waals surface area contributed by atoms with Gasteiger partial charge in [0.2, 0.25) is 88.5 Å². The third-order valence-electron chi connectivity index (χ3n) is 21.2. The van der Waals surface area contributed by atoms with E-state index in [1.165, 1.54) is 44.9 Å². The number of aliphatic hydroxyl groups is 3. The number of para-hydroxylation sites is 1. The number of nitrogens with one attached hydrogen (secondary N) is 15. The van der Waals surface area contributed by atoms with Crippen molar-refractivity contribution in [3.8, 4) is 0 Å². The number of aromatic nitrogens is 1. The Morgan fingerprint density at radius 3 is 1.76 bits per heavy atom. The first-order valence-corrected chi connectivity index (χ1v) is 42.6. The van der Waals surface area contributed by atoms with Crippen molar-refractivity contribution >= 4 is 117 Å². The van der Waals surface area contributed by atoms with E-state index in [1.54, 1.807) is 61.7 Å². The fraction of sp³-hybridized carbons (Fsp3) is 0.614. The number of H-pyrrole nitrogens is 1. The number of amides is 15. The van der Waals surface area contributed by atoms with E-state index in [4.69, 9.17) is 28.3 Å². The number of nitrogens with zero attached hydrogens (tertiary/aromatic N) is 1. The van der Waals surface area contributed by atoms with Crippen LogP contribution in [0.25, 0.3) is 10.9 Å². The summed E-state index contributed by atoms with van der Waals surface area (Å²) in [6.45, 7) is 2.37. The van der Waals surface area contributed by atoms with Crippen LogP contribution < -0.4 is 92.1 Å². The van der Waals surface area contributed by atoms with E-state index in [0.29, 0.717) is 41.3 Å². The van der Waals surface area contributed by atoms with Gasteiger partial charge in [-0.3, -0.25) is 86.9 Å². The molecule has 0 aliphatic carbocycles. The normalized spacial score (nSPS) is 19.9. The van der Waals surface area contributed by atoms with Gasteiger partial charge in [-0.1, -0.05) is 152 Å². The van der Waals surface area contributed by atoms with E-state index in [2.05, 4.69) is 75.7 Å². The lowest BCUT2D eigenvalue weighted by molar-refractivity contribution is -0.143. The summed E-state index contributed by atoms with van der Waals surface area (Å²) in [6, 6.07) is -3.33. The average molecular weight is 1730 g/mol. The summed E-state index contributed by atoms with van der Waals surface area (Å²) in [5.41, 5.74) is 24.2. The van der Waals surface area contributed by atoms with E-state index in [9.17, 15) is 92.0 Å². The summed E-state index contributed by atoms with van der Waals surface area (Å²) in [4.78, 5) is 240. The van der Waals surface area contributed by atoms with Gasteiger partial charge in [0, 0.05) is 62.3 Å². The molecule has 0 spiro atoms. The maximum absolute atomic E-state index is 15.3. The van der Waals surface area contributed by atoms with Crippen molar-refractivity contribution in [2.45, 2.75) is 286 Å². The second-order valence-electron chi connectivity index (χ2n) is 31.4. The van der Waals surface area contributed by atoms with Gasteiger partial charge in [-0.05, 0) is 82.0 Å². The predicted molar refractivity (Wildman–Crippen MR) is 451 cm³/mol. The molecule has 3 aromatic rings. The van der Waals surface area contributed by atoms with E-state index in [1.807, 2.05) is 11.4 Å². The van der Waals surface area contributed by atoms with Gasteiger partial charge in [0.1, 0.15) is 72.2 Å². The number of nitrogens with two attached hydrogens (primary N) is 4. The molecule has 13 atom stereocenters. The van der Waals surface area contributed by atoms with Gasteiger partial charge in [-0.2, -0.15) is 0 Å². The number of carbonyl (C=O) groups is 17. The molecule has 40 nitrogen and oxygen atoms in total. The third kappa shape index (κ3) is 37.0. The third-order valence-corrected chi connectivity index (χ3v) is 21.2. The molecule has 3 heterocycles. The maximum atomic E-state index is 15.3. The van der Waals surface area contributed by atoms with Crippen molar-refractivity contribution in [3.63, 3.8) is 0 Å². The van der Waals surface area contributed by atoms with Crippen LogP contribution in [0.5, 0.6) is 0 Å². The molecule has 2 aromatic carbocycles. The molecule has 5 rings (SSSR count). The monoisotopic (exact) mass is 1720 g/mol. The number of aromatic amines is 1. The molecule has 1 unspecified atom stereocenters. The highest BCUT2D eigenvalue weighted by Crippen LogP contribution is 2.24. The molecular formula is C83H128N20O20. The standard InChI is InChI=1S/C83H128N20O20/c1-4-6-8-9-10-11-12-13-14-15-16-17-21-34-69(111)92-46-66(108)80(121)101-64(48-104)78(119)99-62(42-67(84)109)76(117)98-63(43-68(85)110)77(118)102-70(49(3)105)81(122)95-57(30-7-5-2)72(113)96-59-36-35-52(106)45-89-37-25-24-32-56(71(86)112)93-75(116)61(40-51-44-91-55-31-23-22-29-54(51)55)97-73(114)58(33-26-38-90-83(87)88)94-74(115)60(39-50-27-19-18-20-28-50)100-79(120)65-41-53(107)47-103(65)82(59)123/h18-20,22-23,27-29,31,44,49,53,56-65,70,89,91,104-105,107H,4-17,21,24-26,30,32-43,45-48H2,1-3H3,(H2,84,109)(H2,85,110)(H2,86,112)(H,92,111)(H,93,116)(H,94,115)(H,95,122)(H,96,113)(H,97,114)(H,98,117)(H,99,119)(H,100,120)(H,101,121)(H,102,118)(H4,87,88,90)/t49?,53-,56+,57+,58+,59+,60-,61+,62+,63+,64+,65+,70+/m1/s1. The first-order valence-electron chi connectivity index (χ1n) is 42.6. The van der Waals surface area contributed by atoms with Gasteiger partial charge >= 0.3 is 0 Å². The van der Waals surface area contributed by atoms with Crippen molar-refractivity contribution in [1.29, 1.82) is 5.41 Å². The number of guanidine groups is 1. The first-order chi connectivity index (χ1) is 58.7. The molecule has 40 heteroatoms. The zero-order valence-corrected chi connectivity index (χ0v) is 70.6. The minimum Gasteiger partial charge on any atom is -0.394 e. The smallest absolute Gasteiger partial charge is 0.290 e. The Balaban J connectivity index is 1.35. The molecule has 0 radical (unpaired) electrons. The second kappa shape index (κ2) is 54.8. The van der Waals surface area contributed by atoms with Crippen molar-refractivity contribution in [3.05, 3.63) is 71.9 Å². The molecule has 2 fully saturated rings. The number of aliphatic hydroxyl groups excluding tert-OH is 3. The number of carbonyl (C=O) groups excluding carboxylic acids is 17. The highest BCUT2D eigenvalue weighted by molar-refractivity contribution is 6.37. The lowest BCUT2D eigenvalue weighted by Crippen LogP contribution is -2.62. The molecule has 2 saturated heterocycles. The van der Waals surface area contributed by atoms with Crippen LogP contribution >= 0.6 is 0 Å². The highest BCUT2D eigenvalue weighted by atomic mass is 16.3. The Kier molecular flexibility index (Phi) is 45.4. The van der Waals surface area contributed by atoms with Crippen LogP contribution in [-0.4, -0.2) is 249 Å². The number of unbranched alkanes of at least 4 members (excludes halogenated alkanes) is 13. The number of primary amides is 3. The van der Waals surface area contributed by atoms with Crippen LogP contribution in [-0.2, 0) is 94.3 Å². The number of Topliss-reactive ketones (excluding diaryl/α,β-unsaturated/α-hetero) is 2. The summed E-state index contributed by atoms with van der Waals surface area (Å²) in [6.07, 6.45) is 9.76. The Labute approximate surface area is 715 Å². The van der Waals surface area contributed by atoms with Gasteiger partial charge in [0.05, 0.1) is 44.7 Å². The van der Waals surface area contributed by atoms with E-state index >= 15 is 4.79 Å². The van der Waals surface area contributed by atoms with Gasteiger partial charge in [-0.25, -0.2) is 0 Å². The minimum atomic E-state index is -2.09. The van der Waals surface area contributed by atoms with Gasteiger partial charge in [0.25, 0.3) is 5.91 Å². The summed E-state index contributed by atoms with van der Waals surface area (Å²) in [5.74, 6) is -18.6. The topological polar surface area (TPSA) is 654 Å². The van der Waals surface area contributed by atoms with Crippen molar-refractivity contribution < 1.29 is 96.8 Å². The Morgan fingerprint density at radius 2 is 1.15 bits per heavy atom. The zero-order chi connectivity index (χ0) is 90.5. The number of hydrogen-bond donors (Lipinski definition) is 22. The van der Waals surface area contributed by atoms with Crippen molar-refractivity contribution in [1.82, 2.24) is 79.0 Å². The fourth-order valence-corrected chi connectivity index (χ4v) is 14.3. The summed E-state index contributed by atoms with van der Waals surface area (Å²) < 4.78 is 0. The number of hydrogen-bond acceptors (Lipinski definition) is 22. The van der Waals surface area contributed by atoms with Crippen LogP contribution in [0.15, 0.2) is 60.8 Å². The quantitative estimate of drug-likeness (QED) is 0.0117. The lowest BCUT2D eigenvalue weighted by atomic mass is 10.0. The SMILES string of the molecule is CCCCCCCCCCCCCCCC(=O)NCC(=O)C(=O)N[C@@H](CO)C(=O)N[C@@H](CC(N)=O)C(=O)N[C@@H](CC(N)=O)C(=O)N[C@H](C(=O)N[C@@H](CCCC)C(=O)N[C@H]1CCC(=O)CNCCCC[C@@H](C(N)=O)NC(=O)[C@H](Cc2c[nH]c3ccccc23)NC(=O)[C@H](CCCNC(=N)N)NC(=O)[C@@H](Cc2ccccc2)NC(=O)[C@@H]2C[C@@H](O)CN2C1=O)C(C)O. The fourth-order valence-electron chi connectivity index (χ4n) is 14.3. The lowest BCUT2D eigenvalue weighted by Gasteiger charge is -2.31. The van der Waals surface area contributed by atoms with Crippen LogP contribution in [0.2, 0.25) is 0 Å². The number of rotatable bonds is 46. The van der Waals surface area contributed by atoms with E-state index in [-0.39, 0.29) is 77.4 Å². The van der Waals surface area contributed by atoms with E-state index in [0.717, 1.165) is 43.9 Å². The molecule has 1 aromatic heterocycles. The molecular weight excluding hydrogens is 1600 g/mol. The van der Waals surface area contributed by atoms with Gasteiger partial charge in [0.15, 0.2) is 5.96 Å². The average Bonchev–Trinajstić information content (AvgIpc) is 1.70. The molecule has 680 valence electrons. The van der Waals surface area contributed by atoms with E-state index < -0.39 is 237 Å². The molecule has 0 bridgehead atoms. The molecule has 2 aliphatic heterocycles. The number of ketones is 2. The molecule has 0 saturated carbocycles. The number of benzene rings is 2. The van der Waals surface area contributed by atoms with Crippen LogP contribution in [0.4, 0.5) is 0 Å². The Morgan fingerprint density at radius 1 is 0.593 bits per heavy atom. The number of fused-ring (bicyclic) bond motifs is 2. The molecule has 15 amide bonds. The zero-order valence-electron chi connectivity index (χ0n) is 70.6. The van der Waals surface area contributed by atoms with Gasteiger partial charge in [-0.15, -0.1) is 0 Å². The summed E-state index contributed by atoms with van der Waals surface area (Å²) >= 11 is 0. The molecule has 26 N–H and O–H groups in total. The second-order valence-corrected chi connectivity index (χ2v) is 31.4. The minimum absolute atomic E-state index is 0.00512. The summed E-state index contributed by atoms with van der Waals surface area (Å²) in [7, 11) is 0. The maximum Gasteiger partial charge on any atom is 0.290 e.